The van der Waals surface area contributed by atoms with Gasteiger partial charge in [-0.25, -0.2) is 4.98 Å². The maximum absolute atomic E-state index is 12.4. The van der Waals surface area contributed by atoms with E-state index in [2.05, 4.69) is 20.3 Å². The number of hydrogen-bond acceptors (Lipinski definition) is 7. The van der Waals surface area contributed by atoms with Crippen LogP contribution in [-0.4, -0.2) is 62.8 Å². The number of carbonyl (C=O) groups is 1. The predicted molar refractivity (Wildman–Crippen MR) is 95.1 cm³/mol. The summed E-state index contributed by atoms with van der Waals surface area (Å²) in [6.45, 7) is 1.40. The maximum Gasteiger partial charge on any atom is 0.273 e. The Morgan fingerprint density at radius 3 is 2.72 bits per heavy atom. The second kappa shape index (κ2) is 6.40. The van der Waals surface area contributed by atoms with Gasteiger partial charge in [0.05, 0.1) is 5.51 Å². The van der Waals surface area contributed by atoms with E-state index >= 15 is 0 Å². The summed E-state index contributed by atoms with van der Waals surface area (Å²) in [6, 6.07) is 3.86. The number of fused-ring (bicyclic) bond motifs is 1. The lowest BCUT2D eigenvalue weighted by atomic mass is 9.96. The molecule has 0 atom stereocenters. The van der Waals surface area contributed by atoms with Crippen LogP contribution in [0, 0.1) is 0 Å². The van der Waals surface area contributed by atoms with E-state index in [0.717, 1.165) is 30.1 Å². The van der Waals surface area contributed by atoms with Crippen molar-refractivity contribution in [1.29, 1.82) is 0 Å². The number of thiazole rings is 1. The van der Waals surface area contributed by atoms with Gasteiger partial charge in [0, 0.05) is 38.5 Å². The average molecular weight is 357 g/mol. The van der Waals surface area contributed by atoms with Gasteiger partial charge in [0.25, 0.3) is 5.91 Å². The van der Waals surface area contributed by atoms with Crippen LogP contribution in [0.15, 0.2) is 23.0 Å². The van der Waals surface area contributed by atoms with Crippen LogP contribution in [0.4, 0.5) is 5.82 Å². The Morgan fingerprint density at radius 1 is 1.24 bits per heavy atom. The predicted octanol–water partition coefficient (Wildman–Crippen LogP) is 1.67. The Hall–Kier alpha value is -2.55. The van der Waals surface area contributed by atoms with E-state index in [-0.39, 0.29) is 11.8 Å². The van der Waals surface area contributed by atoms with Crippen LogP contribution in [0.2, 0.25) is 0 Å². The Bertz CT molecular complexity index is 881. The minimum atomic E-state index is 0.0128. The summed E-state index contributed by atoms with van der Waals surface area (Å²) in [5.74, 6) is 2.00. The molecule has 1 saturated heterocycles. The second-order valence-corrected chi connectivity index (χ2v) is 7.07. The van der Waals surface area contributed by atoms with Gasteiger partial charge in [-0.1, -0.05) is 0 Å². The van der Waals surface area contributed by atoms with Crippen molar-refractivity contribution in [2.24, 2.45) is 0 Å². The lowest BCUT2D eigenvalue weighted by molar-refractivity contribution is 0.0705. The van der Waals surface area contributed by atoms with Gasteiger partial charge < -0.3 is 9.80 Å². The second-order valence-electron chi connectivity index (χ2n) is 6.35. The molecule has 3 aromatic heterocycles. The third kappa shape index (κ3) is 2.95. The highest BCUT2D eigenvalue weighted by molar-refractivity contribution is 7.07. The van der Waals surface area contributed by atoms with E-state index in [1.54, 1.807) is 10.9 Å². The summed E-state index contributed by atoms with van der Waals surface area (Å²) < 4.78 is 1.83. The fraction of sp³-hybridized carbons (Fsp3) is 0.438. The topological polar surface area (TPSA) is 79.5 Å². The number of likely N-dealkylation sites (tertiary alicyclic amines) is 1. The number of carbonyl (C=O) groups excluding carboxylic acids is 1. The molecule has 0 spiro atoms. The third-order valence-electron chi connectivity index (χ3n) is 4.53. The van der Waals surface area contributed by atoms with Gasteiger partial charge in [-0.3, -0.25) is 4.79 Å². The summed E-state index contributed by atoms with van der Waals surface area (Å²) in [7, 11) is 3.92. The normalized spacial score (nSPS) is 15.7. The molecule has 0 radical (unpaired) electrons. The number of hydrogen-bond donors (Lipinski definition) is 0. The molecule has 1 fully saturated rings. The van der Waals surface area contributed by atoms with E-state index in [1.165, 1.54) is 11.3 Å². The Morgan fingerprint density at radius 2 is 2.04 bits per heavy atom. The van der Waals surface area contributed by atoms with Crippen molar-refractivity contribution >= 4 is 28.7 Å². The first-order valence-electron chi connectivity index (χ1n) is 8.20. The fourth-order valence-electron chi connectivity index (χ4n) is 3.11. The zero-order valence-corrected chi connectivity index (χ0v) is 15.0. The quantitative estimate of drug-likeness (QED) is 0.709. The van der Waals surface area contributed by atoms with Crippen molar-refractivity contribution in [3.05, 3.63) is 34.5 Å². The zero-order valence-electron chi connectivity index (χ0n) is 14.2. The minimum absolute atomic E-state index is 0.0128. The van der Waals surface area contributed by atoms with E-state index < -0.39 is 0 Å². The minimum Gasteiger partial charge on any atom is -0.361 e. The molecular formula is C16H19N7OS. The van der Waals surface area contributed by atoms with Gasteiger partial charge in [0.1, 0.15) is 11.5 Å². The Kier molecular flexibility index (Phi) is 4.08. The summed E-state index contributed by atoms with van der Waals surface area (Å²) >= 11 is 1.44. The van der Waals surface area contributed by atoms with Crippen molar-refractivity contribution < 1.29 is 4.79 Å². The molecule has 0 N–H and O–H groups in total. The van der Waals surface area contributed by atoms with Gasteiger partial charge in [-0.05, 0) is 25.0 Å². The number of rotatable bonds is 3. The van der Waals surface area contributed by atoms with Crippen LogP contribution < -0.4 is 4.90 Å². The molecule has 25 heavy (non-hydrogen) atoms. The van der Waals surface area contributed by atoms with Crippen LogP contribution in [0.25, 0.3) is 5.65 Å². The number of aromatic nitrogens is 5. The van der Waals surface area contributed by atoms with Gasteiger partial charge in [-0.15, -0.1) is 26.6 Å². The van der Waals surface area contributed by atoms with Crippen LogP contribution in [0.3, 0.4) is 0 Å². The first-order valence-corrected chi connectivity index (χ1v) is 9.15. The molecule has 4 heterocycles. The van der Waals surface area contributed by atoms with Gasteiger partial charge in [0.15, 0.2) is 11.5 Å². The Balaban J connectivity index is 1.52. The molecular weight excluding hydrogens is 338 g/mol. The van der Waals surface area contributed by atoms with E-state index in [4.69, 9.17) is 0 Å². The summed E-state index contributed by atoms with van der Waals surface area (Å²) in [5, 5.41) is 15.0. The fourth-order valence-corrected chi connectivity index (χ4v) is 3.64. The molecule has 8 nitrogen and oxygen atoms in total. The van der Waals surface area contributed by atoms with E-state index in [9.17, 15) is 4.79 Å². The molecule has 0 aliphatic carbocycles. The molecule has 1 aliphatic heterocycles. The molecule has 3 aromatic rings. The maximum atomic E-state index is 12.4. The van der Waals surface area contributed by atoms with Crippen molar-refractivity contribution in [2.75, 3.05) is 32.1 Å². The van der Waals surface area contributed by atoms with E-state index in [0.29, 0.717) is 18.8 Å². The molecule has 0 bridgehead atoms. The number of anilines is 1. The van der Waals surface area contributed by atoms with Crippen LogP contribution in [0.1, 0.15) is 35.1 Å². The molecule has 1 amide bonds. The van der Waals surface area contributed by atoms with Crippen molar-refractivity contribution in [3.63, 3.8) is 0 Å². The molecule has 0 unspecified atom stereocenters. The average Bonchev–Trinajstić information content (AvgIpc) is 3.30. The first-order chi connectivity index (χ1) is 12.1. The highest BCUT2D eigenvalue weighted by Gasteiger charge is 2.28. The largest absolute Gasteiger partial charge is 0.361 e. The number of piperidine rings is 1. The highest BCUT2D eigenvalue weighted by atomic mass is 32.1. The van der Waals surface area contributed by atoms with Crippen LogP contribution >= 0.6 is 11.3 Å². The first kappa shape index (κ1) is 15.9. The van der Waals surface area contributed by atoms with Gasteiger partial charge in [-0.2, -0.15) is 4.52 Å². The number of nitrogens with zero attached hydrogens (tertiary/aromatic N) is 7. The molecule has 9 heteroatoms. The lowest BCUT2D eigenvalue weighted by Crippen LogP contribution is -2.38. The van der Waals surface area contributed by atoms with Crippen LogP contribution in [-0.2, 0) is 0 Å². The standard InChI is InChI=1S/C16H19N7OS/c1-21(2)14-4-3-13-18-19-15(23(13)20-14)11-5-7-22(8-6-11)16(24)12-9-25-10-17-12/h3-4,9-11H,5-8H2,1-2H3. The van der Waals surface area contributed by atoms with Gasteiger partial charge >= 0.3 is 0 Å². The van der Waals surface area contributed by atoms with Gasteiger partial charge in [0.2, 0.25) is 0 Å². The smallest absolute Gasteiger partial charge is 0.273 e. The van der Waals surface area contributed by atoms with E-state index in [1.807, 2.05) is 40.5 Å². The SMILES string of the molecule is CN(C)c1ccc2nnc(C3CCN(C(=O)c4cscn4)CC3)n2n1. The highest BCUT2D eigenvalue weighted by Crippen LogP contribution is 2.28. The van der Waals surface area contributed by atoms with Crippen molar-refractivity contribution in [3.8, 4) is 0 Å². The van der Waals surface area contributed by atoms with Crippen LogP contribution in [0.5, 0.6) is 0 Å². The molecule has 0 saturated carbocycles. The summed E-state index contributed by atoms with van der Waals surface area (Å²) in [5.41, 5.74) is 2.98. The number of amides is 1. The molecule has 4 rings (SSSR count). The lowest BCUT2D eigenvalue weighted by Gasteiger charge is -2.30. The molecule has 130 valence electrons. The molecule has 1 aliphatic rings. The van der Waals surface area contributed by atoms with Crippen molar-refractivity contribution in [2.45, 2.75) is 18.8 Å². The molecule has 0 aromatic carbocycles. The Labute approximate surface area is 149 Å². The summed E-state index contributed by atoms with van der Waals surface area (Å²) in [6.07, 6.45) is 1.70. The van der Waals surface area contributed by atoms with Crippen molar-refractivity contribution in [1.82, 2.24) is 29.7 Å². The third-order valence-corrected chi connectivity index (χ3v) is 5.12. The monoisotopic (exact) mass is 357 g/mol. The summed E-state index contributed by atoms with van der Waals surface area (Å²) in [4.78, 5) is 20.3. The zero-order chi connectivity index (χ0) is 17.4.